The minimum atomic E-state index is -0.670. The van der Waals surface area contributed by atoms with Gasteiger partial charge in [-0.2, -0.15) is 9.65 Å². The Balaban J connectivity index is 2.32. The van der Waals surface area contributed by atoms with Gasteiger partial charge in [-0.1, -0.05) is 6.07 Å². The Kier molecular flexibility index (Phi) is 3.91. The summed E-state index contributed by atoms with van der Waals surface area (Å²) in [4.78, 5) is 15.4. The number of methoxy groups -OCH3 is 1. The van der Waals surface area contributed by atoms with Crippen molar-refractivity contribution in [2.75, 3.05) is 12.4 Å². The van der Waals surface area contributed by atoms with Crippen molar-refractivity contribution < 1.29 is 13.9 Å². The number of amides is 1. The number of nitrogens with one attached hydrogen (secondary N) is 1. The van der Waals surface area contributed by atoms with Crippen molar-refractivity contribution in [3.63, 3.8) is 0 Å². The number of hydrogen-bond donors (Lipinski definition) is 1. The lowest BCUT2D eigenvalue weighted by atomic mass is 10.1. The molecule has 0 spiro atoms. The summed E-state index contributed by atoms with van der Waals surface area (Å²) in [5.41, 5.74) is 0.723. The molecule has 0 saturated carbocycles. The number of aromatic nitrogens is 1. The number of halogens is 1. The minimum Gasteiger partial charge on any atom is -0.495 e. The van der Waals surface area contributed by atoms with Crippen molar-refractivity contribution in [3.8, 4) is 11.8 Å². The summed E-state index contributed by atoms with van der Waals surface area (Å²) in [7, 11) is 1.44. The highest BCUT2D eigenvalue weighted by Crippen LogP contribution is 2.28. The van der Waals surface area contributed by atoms with E-state index in [1.54, 1.807) is 18.2 Å². The van der Waals surface area contributed by atoms with Gasteiger partial charge in [-0.05, 0) is 24.3 Å². The van der Waals surface area contributed by atoms with Gasteiger partial charge < -0.3 is 10.1 Å². The fraction of sp³-hybridized carbons (Fsp3) is 0.0714. The third-order valence-electron chi connectivity index (χ3n) is 2.59. The molecule has 0 bridgehead atoms. The van der Waals surface area contributed by atoms with E-state index in [0.717, 1.165) is 12.3 Å². The molecule has 1 N–H and O–H groups in total. The van der Waals surface area contributed by atoms with E-state index in [1.807, 2.05) is 6.07 Å². The van der Waals surface area contributed by atoms with Crippen LogP contribution in [-0.2, 0) is 0 Å². The number of nitrogens with zero attached hydrogens (tertiary/aromatic N) is 2. The average Bonchev–Trinajstić information content (AvgIpc) is 2.48. The smallest absolute Gasteiger partial charge is 0.257 e. The van der Waals surface area contributed by atoms with Crippen molar-refractivity contribution in [1.29, 1.82) is 5.26 Å². The topological polar surface area (TPSA) is 75.0 Å². The van der Waals surface area contributed by atoms with Crippen LogP contribution in [0.25, 0.3) is 0 Å². The molecule has 1 amide bonds. The Morgan fingerprint density at radius 1 is 1.40 bits per heavy atom. The fourth-order valence-corrected chi connectivity index (χ4v) is 1.62. The molecule has 0 unspecified atom stereocenters. The first kappa shape index (κ1) is 13.5. The molecular formula is C14H10FN3O2. The molecule has 2 aromatic rings. The molecule has 1 heterocycles. The van der Waals surface area contributed by atoms with E-state index < -0.39 is 11.9 Å². The molecule has 1 aromatic heterocycles. The SMILES string of the molecule is COc1cccc(C#N)c1NC(=O)c1ccc(F)nc1. The van der Waals surface area contributed by atoms with E-state index >= 15 is 0 Å². The van der Waals surface area contributed by atoms with Gasteiger partial charge >= 0.3 is 0 Å². The summed E-state index contributed by atoms with van der Waals surface area (Å²) < 4.78 is 17.8. The first-order valence-corrected chi connectivity index (χ1v) is 5.65. The summed E-state index contributed by atoms with van der Waals surface area (Å²) in [6.07, 6.45) is 1.12. The first-order chi connectivity index (χ1) is 9.65. The van der Waals surface area contributed by atoms with Crippen LogP contribution in [0.1, 0.15) is 15.9 Å². The number of ether oxygens (including phenoxy) is 1. The van der Waals surface area contributed by atoms with Crippen molar-refractivity contribution in [1.82, 2.24) is 4.98 Å². The van der Waals surface area contributed by atoms with E-state index in [-0.39, 0.29) is 16.8 Å². The molecule has 0 saturated heterocycles. The maximum absolute atomic E-state index is 12.7. The standard InChI is InChI=1S/C14H10FN3O2/c1-20-11-4-2-3-9(7-16)13(11)18-14(19)10-5-6-12(15)17-8-10/h2-6,8H,1H3,(H,18,19). The predicted octanol–water partition coefficient (Wildman–Crippen LogP) is 2.35. The van der Waals surface area contributed by atoms with E-state index in [1.165, 1.54) is 13.2 Å². The van der Waals surface area contributed by atoms with Crippen LogP contribution in [0.2, 0.25) is 0 Å². The predicted molar refractivity (Wildman–Crippen MR) is 69.9 cm³/mol. The number of benzene rings is 1. The van der Waals surface area contributed by atoms with Crippen molar-refractivity contribution >= 4 is 11.6 Å². The molecule has 0 aliphatic carbocycles. The molecule has 0 radical (unpaired) electrons. The third kappa shape index (κ3) is 2.72. The molecule has 1 aromatic carbocycles. The molecule has 20 heavy (non-hydrogen) atoms. The van der Waals surface area contributed by atoms with Gasteiger partial charge in [-0.25, -0.2) is 4.98 Å². The van der Waals surface area contributed by atoms with Crippen molar-refractivity contribution in [2.45, 2.75) is 0 Å². The Hall–Kier alpha value is -2.94. The molecule has 5 nitrogen and oxygen atoms in total. The van der Waals surface area contributed by atoms with Gasteiger partial charge in [0.15, 0.2) is 0 Å². The second-order valence-electron chi connectivity index (χ2n) is 3.82. The van der Waals surface area contributed by atoms with Gasteiger partial charge in [0.25, 0.3) is 5.91 Å². The molecule has 6 heteroatoms. The van der Waals surface area contributed by atoms with Crippen LogP contribution in [0.3, 0.4) is 0 Å². The summed E-state index contributed by atoms with van der Waals surface area (Å²) in [6, 6.07) is 9.18. The van der Waals surface area contributed by atoms with Gasteiger partial charge in [-0.3, -0.25) is 4.79 Å². The summed E-state index contributed by atoms with van der Waals surface area (Å²) >= 11 is 0. The first-order valence-electron chi connectivity index (χ1n) is 5.65. The number of para-hydroxylation sites is 1. The number of rotatable bonds is 3. The van der Waals surface area contributed by atoms with E-state index in [4.69, 9.17) is 10.00 Å². The maximum atomic E-state index is 12.7. The van der Waals surface area contributed by atoms with Gasteiger partial charge in [0, 0.05) is 6.20 Å². The highest BCUT2D eigenvalue weighted by molar-refractivity contribution is 6.05. The highest BCUT2D eigenvalue weighted by Gasteiger charge is 2.14. The third-order valence-corrected chi connectivity index (χ3v) is 2.59. The molecular weight excluding hydrogens is 261 g/mol. The van der Waals surface area contributed by atoms with Gasteiger partial charge in [0.05, 0.1) is 18.2 Å². The number of nitriles is 1. The molecule has 100 valence electrons. The number of carbonyl (C=O) groups is 1. The lowest BCUT2D eigenvalue weighted by Crippen LogP contribution is -2.14. The van der Waals surface area contributed by atoms with Crippen LogP contribution in [-0.4, -0.2) is 18.0 Å². The monoisotopic (exact) mass is 271 g/mol. The summed E-state index contributed by atoms with van der Waals surface area (Å²) in [6.45, 7) is 0. The zero-order chi connectivity index (χ0) is 14.5. The lowest BCUT2D eigenvalue weighted by molar-refractivity contribution is 0.102. The second kappa shape index (κ2) is 5.80. The largest absolute Gasteiger partial charge is 0.495 e. The molecule has 0 aliphatic heterocycles. The van der Waals surface area contributed by atoms with Gasteiger partial charge in [0.1, 0.15) is 17.5 Å². The van der Waals surface area contributed by atoms with Crippen LogP contribution >= 0.6 is 0 Å². The number of pyridine rings is 1. The number of hydrogen-bond acceptors (Lipinski definition) is 4. The molecule has 0 fully saturated rings. The van der Waals surface area contributed by atoms with Crippen LogP contribution in [0.15, 0.2) is 36.5 Å². The molecule has 2 rings (SSSR count). The van der Waals surface area contributed by atoms with Gasteiger partial charge in [0.2, 0.25) is 5.95 Å². The average molecular weight is 271 g/mol. The number of anilines is 1. The van der Waals surface area contributed by atoms with Gasteiger partial charge in [-0.15, -0.1) is 0 Å². The zero-order valence-corrected chi connectivity index (χ0v) is 10.6. The molecule has 0 atom stereocenters. The van der Waals surface area contributed by atoms with E-state index in [9.17, 15) is 9.18 Å². The molecule has 0 aliphatic rings. The Labute approximate surface area is 114 Å². The number of carbonyl (C=O) groups excluding carboxylic acids is 1. The van der Waals surface area contributed by atoms with Crippen LogP contribution in [0.4, 0.5) is 10.1 Å². The van der Waals surface area contributed by atoms with Crippen LogP contribution in [0.5, 0.6) is 5.75 Å². The summed E-state index contributed by atoms with van der Waals surface area (Å²) in [5, 5.41) is 11.6. The highest BCUT2D eigenvalue weighted by atomic mass is 19.1. The van der Waals surface area contributed by atoms with E-state index in [2.05, 4.69) is 10.3 Å². The Morgan fingerprint density at radius 3 is 2.80 bits per heavy atom. The van der Waals surface area contributed by atoms with Crippen molar-refractivity contribution in [3.05, 3.63) is 53.6 Å². The van der Waals surface area contributed by atoms with Crippen LogP contribution < -0.4 is 10.1 Å². The fourth-order valence-electron chi connectivity index (χ4n) is 1.62. The Bertz CT molecular complexity index is 678. The van der Waals surface area contributed by atoms with Crippen LogP contribution in [0, 0.1) is 17.3 Å². The lowest BCUT2D eigenvalue weighted by Gasteiger charge is -2.11. The Morgan fingerprint density at radius 2 is 2.20 bits per heavy atom. The van der Waals surface area contributed by atoms with Crippen molar-refractivity contribution in [2.24, 2.45) is 0 Å². The second-order valence-corrected chi connectivity index (χ2v) is 3.82. The maximum Gasteiger partial charge on any atom is 0.257 e. The summed E-state index contributed by atoms with van der Waals surface area (Å²) in [5.74, 6) is -0.803. The zero-order valence-electron chi connectivity index (χ0n) is 10.6. The quantitative estimate of drug-likeness (QED) is 0.869. The van der Waals surface area contributed by atoms with E-state index in [0.29, 0.717) is 5.75 Å². The normalized spacial score (nSPS) is 9.65. The minimum absolute atomic E-state index is 0.182.